The molecule has 0 radical (unpaired) electrons. The molecule has 8 nitrogen and oxygen atoms in total. The second-order valence-corrected chi connectivity index (χ2v) is 8.82. The lowest BCUT2D eigenvalue weighted by Gasteiger charge is -2.16. The van der Waals surface area contributed by atoms with E-state index in [0.717, 1.165) is 11.4 Å². The highest BCUT2D eigenvalue weighted by Gasteiger charge is 2.30. The van der Waals surface area contributed by atoms with Crippen molar-refractivity contribution in [1.29, 1.82) is 0 Å². The van der Waals surface area contributed by atoms with Gasteiger partial charge in [-0.05, 0) is 50.6 Å². The fourth-order valence-electron chi connectivity index (χ4n) is 2.89. The molecule has 27 heavy (non-hydrogen) atoms. The molecule has 0 bridgehead atoms. The summed E-state index contributed by atoms with van der Waals surface area (Å²) in [4.78, 5) is 24.4. The number of rotatable bonds is 5. The Morgan fingerprint density at radius 3 is 2.52 bits per heavy atom. The van der Waals surface area contributed by atoms with Crippen molar-refractivity contribution in [2.24, 2.45) is 0 Å². The molecule has 144 valence electrons. The molecular formula is C18H21N3O5S. The van der Waals surface area contributed by atoms with Gasteiger partial charge in [0.2, 0.25) is 0 Å². The van der Waals surface area contributed by atoms with Crippen LogP contribution in [0.4, 0.5) is 0 Å². The van der Waals surface area contributed by atoms with Crippen LogP contribution in [0.1, 0.15) is 29.4 Å². The van der Waals surface area contributed by atoms with E-state index >= 15 is 0 Å². The van der Waals surface area contributed by atoms with Crippen LogP contribution in [0.5, 0.6) is 0 Å². The molecule has 1 aromatic heterocycles. The Morgan fingerprint density at radius 2 is 1.96 bits per heavy atom. The van der Waals surface area contributed by atoms with Crippen LogP contribution in [0.15, 0.2) is 36.5 Å². The minimum absolute atomic E-state index is 0.0637. The normalized spacial score (nSPS) is 19.4. The van der Waals surface area contributed by atoms with Crippen molar-refractivity contribution in [1.82, 2.24) is 15.1 Å². The number of benzene rings is 1. The van der Waals surface area contributed by atoms with E-state index in [1.54, 1.807) is 35.1 Å². The number of carbonyl (C=O) groups excluding carboxylic acids is 2. The third-order valence-corrected chi connectivity index (χ3v) is 6.18. The topological polar surface area (TPSA) is 107 Å². The first-order valence-corrected chi connectivity index (χ1v) is 10.4. The average molecular weight is 391 g/mol. The van der Waals surface area contributed by atoms with Crippen LogP contribution in [-0.4, -0.2) is 53.7 Å². The Kier molecular flexibility index (Phi) is 5.31. The quantitative estimate of drug-likeness (QED) is 0.763. The van der Waals surface area contributed by atoms with E-state index < -0.39 is 33.9 Å². The summed E-state index contributed by atoms with van der Waals surface area (Å²) in [5, 5.41) is 6.81. The zero-order valence-electron chi connectivity index (χ0n) is 15.1. The van der Waals surface area contributed by atoms with Crippen molar-refractivity contribution in [2.75, 3.05) is 11.5 Å². The van der Waals surface area contributed by atoms with E-state index in [9.17, 15) is 18.0 Å². The van der Waals surface area contributed by atoms with Gasteiger partial charge < -0.3 is 10.1 Å². The van der Waals surface area contributed by atoms with Gasteiger partial charge in [-0.3, -0.25) is 4.79 Å². The van der Waals surface area contributed by atoms with Gasteiger partial charge in [0.25, 0.3) is 5.91 Å². The minimum Gasteiger partial charge on any atom is -0.449 e. The third kappa shape index (κ3) is 4.54. The van der Waals surface area contributed by atoms with Crippen molar-refractivity contribution in [3.05, 3.63) is 47.8 Å². The number of carbonyl (C=O) groups is 2. The first-order chi connectivity index (χ1) is 12.7. The maximum Gasteiger partial charge on any atom is 0.338 e. The Hall–Kier alpha value is -2.68. The molecule has 1 aromatic carbocycles. The summed E-state index contributed by atoms with van der Waals surface area (Å²) in [6.07, 6.45) is 1.05. The Balaban J connectivity index is 1.58. The first-order valence-electron chi connectivity index (χ1n) is 8.58. The van der Waals surface area contributed by atoms with Crippen LogP contribution in [-0.2, 0) is 19.4 Å². The average Bonchev–Trinajstić information content (AvgIpc) is 3.19. The van der Waals surface area contributed by atoms with Gasteiger partial charge in [-0.1, -0.05) is 0 Å². The van der Waals surface area contributed by atoms with E-state index in [1.807, 2.05) is 13.0 Å². The minimum atomic E-state index is -3.09. The summed E-state index contributed by atoms with van der Waals surface area (Å²) in [5.74, 6) is -1.14. The lowest BCUT2D eigenvalue weighted by molar-refractivity contribution is -0.129. The van der Waals surface area contributed by atoms with Crippen molar-refractivity contribution in [3.8, 4) is 5.69 Å². The smallest absolute Gasteiger partial charge is 0.338 e. The van der Waals surface area contributed by atoms with Gasteiger partial charge in [0.05, 0.1) is 22.8 Å². The fraction of sp³-hybridized carbons (Fsp3) is 0.389. The van der Waals surface area contributed by atoms with E-state index in [0.29, 0.717) is 12.0 Å². The lowest BCUT2D eigenvalue weighted by atomic mass is 10.2. The van der Waals surface area contributed by atoms with Crippen LogP contribution < -0.4 is 5.32 Å². The highest BCUT2D eigenvalue weighted by Crippen LogP contribution is 2.14. The van der Waals surface area contributed by atoms with Gasteiger partial charge in [-0.2, -0.15) is 5.10 Å². The van der Waals surface area contributed by atoms with E-state index in [4.69, 9.17) is 4.74 Å². The van der Waals surface area contributed by atoms with Gasteiger partial charge in [0.1, 0.15) is 0 Å². The molecule has 3 rings (SSSR count). The monoisotopic (exact) mass is 391 g/mol. The standard InChI is InChI=1S/C18H21N3O5S/c1-12-7-9-19-21(12)16-5-3-14(4-6-16)18(23)26-13(2)17(22)20-15-8-10-27(24,25)11-15/h3-7,9,13,15H,8,10-11H2,1-2H3,(H,20,22)/t13-,15-/m0/s1. The van der Waals surface area contributed by atoms with Gasteiger partial charge >= 0.3 is 5.97 Å². The molecule has 0 aliphatic carbocycles. The van der Waals surface area contributed by atoms with Gasteiger partial charge in [0.15, 0.2) is 15.9 Å². The zero-order valence-corrected chi connectivity index (χ0v) is 15.9. The molecule has 2 heterocycles. The molecule has 9 heteroatoms. The van der Waals surface area contributed by atoms with Crippen LogP contribution in [0.2, 0.25) is 0 Å². The molecule has 1 N–H and O–H groups in total. The Labute approximate surface area is 157 Å². The van der Waals surface area contributed by atoms with Gasteiger partial charge in [0, 0.05) is 17.9 Å². The number of aromatic nitrogens is 2. The van der Waals surface area contributed by atoms with Crippen molar-refractivity contribution in [3.63, 3.8) is 0 Å². The maximum absolute atomic E-state index is 12.2. The molecule has 1 fully saturated rings. The molecular weight excluding hydrogens is 370 g/mol. The maximum atomic E-state index is 12.2. The number of amides is 1. The number of hydrogen-bond acceptors (Lipinski definition) is 6. The highest BCUT2D eigenvalue weighted by molar-refractivity contribution is 7.91. The number of sulfone groups is 1. The second-order valence-electron chi connectivity index (χ2n) is 6.59. The summed E-state index contributed by atoms with van der Waals surface area (Å²) >= 11 is 0. The second kappa shape index (κ2) is 7.51. The summed E-state index contributed by atoms with van der Waals surface area (Å²) in [6.45, 7) is 3.38. The van der Waals surface area contributed by atoms with Crippen molar-refractivity contribution < 1.29 is 22.7 Å². The summed E-state index contributed by atoms with van der Waals surface area (Å²) in [5.41, 5.74) is 2.08. The molecule has 1 amide bonds. The Morgan fingerprint density at radius 1 is 1.26 bits per heavy atom. The molecule has 1 aliphatic rings. The highest BCUT2D eigenvalue weighted by atomic mass is 32.2. The molecule has 2 aromatic rings. The number of esters is 1. The van der Waals surface area contributed by atoms with Crippen molar-refractivity contribution in [2.45, 2.75) is 32.4 Å². The summed E-state index contributed by atoms with van der Waals surface area (Å²) in [7, 11) is -3.09. The number of ether oxygens (including phenoxy) is 1. The number of nitrogens with zero attached hydrogens (tertiary/aromatic N) is 2. The molecule has 2 atom stereocenters. The number of aryl methyl sites for hydroxylation is 1. The SMILES string of the molecule is Cc1ccnn1-c1ccc(C(=O)O[C@@H](C)C(=O)N[C@H]2CCS(=O)(=O)C2)cc1. The number of nitrogens with one attached hydrogen (secondary N) is 1. The van der Waals surface area contributed by atoms with Crippen LogP contribution in [0.3, 0.4) is 0 Å². The zero-order chi connectivity index (χ0) is 19.6. The van der Waals surface area contributed by atoms with Crippen molar-refractivity contribution >= 4 is 21.7 Å². The summed E-state index contributed by atoms with van der Waals surface area (Å²) in [6, 6.07) is 8.13. The van der Waals surface area contributed by atoms with E-state index in [-0.39, 0.29) is 11.5 Å². The predicted molar refractivity (Wildman–Crippen MR) is 98.4 cm³/mol. The first kappa shape index (κ1) is 19.1. The molecule has 0 spiro atoms. The largest absolute Gasteiger partial charge is 0.449 e. The van der Waals surface area contributed by atoms with Gasteiger partial charge in [-0.25, -0.2) is 17.9 Å². The molecule has 1 aliphatic heterocycles. The summed E-state index contributed by atoms with van der Waals surface area (Å²) < 4.78 is 29.8. The fourth-order valence-corrected chi connectivity index (χ4v) is 4.56. The van der Waals surface area contributed by atoms with Crippen LogP contribution in [0, 0.1) is 6.92 Å². The van der Waals surface area contributed by atoms with E-state index in [2.05, 4.69) is 10.4 Å². The lowest BCUT2D eigenvalue weighted by Crippen LogP contribution is -2.42. The van der Waals surface area contributed by atoms with Crippen LogP contribution in [0.25, 0.3) is 5.69 Å². The predicted octanol–water partition coefficient (Wildman–Crippen LogP) is 1.03. The number of hydrogen-bond donors (Lipinski definition) is 1. The van der Waals surface area contributed by atoms with E-state index in [1.165, 1.54) is 6.92 Å². The molecule has 0 saturated carbocycles. The molecule has 1 saturated heterocycles. The third-order valence-electron chi connectivity index (χ3n) is 4.41. The Bertz CT molecular complexity index is 950. The van der Waals surface area contributed by atoms with Crippen LogP contribution >= 0.6 is 0 Å². The van der Waals surface area contributed by atoms with Gasteiger partial charge in [-0.15, -0.1) is 0 Å². The molecule has 0 unspecified atom stereocenters.